The van der Waals surface area contributed by atoms with Crippen LogP contribution in [-0.4, -0.2) is 23.1 Å². The maximum atomic E-state index is 4.67. The molecule has 19 heavy (non-hydrogen) atoms. The van der Waals surface area contributed by atoms with E-state index in [1.165, 1.54) is 6.42 Å². The number of aromatic nitrogens is 2. The quantitative estimate of drug-likeness (QED) is 0.792. The van der Waals surface area contributed by atoms with Crippen LogP contribution in [0, 0.1) is 18.8 Å². The number of rotatable bonds is 7. The molecule has 0 radical (unpaired) electrons. The van der Waals surface area contributed by atoms with Crippen LogP contribution in [0.3, 0.4) is 0 Å². The number of hydrogen-bond acceptors (Lipinski definition) is 4. The molecular weight excluding hydrogens is 236 g/mol. The lowest BCUT2D eigenvalue weighted by Gasteiger charge is -2.14. The Morgan fingerprint density at radius 2 is 1.79 bits per heavy atom. The average molecular weight is 262 g/mol. The Morgan fingerprint density at radius 1 is 1.16 bits per heavy atom. The van der Waals surface area contributed by atoms with E-state index < -0.39 is 0 Å². The van der Waals surface area contributed by atoms with E-state index in [0.717, 1.165) is 60.8 Å². The summed E-state index contributed by atoms with van der Waals surface area (Å²) in [6, 6.07) is 0. The molecule has 1 aliphatic rings. The summed E-state index contributed by atoms with van der Waals surface area (Å²) >= 11 is 0. The first kappa shape index (κ1) is 14.1. The summed E-state index contributed by atoms with van der Waals surface area (Å²) < 4.78 is 0. The van der Waals surface area contributed by atoms with Gasteiger partial charge in [0.05, 0.1) is 0 Å². The van der Waals surface area contributed by atoms with Crippen LogP contribution in [0.25, 0.3) is 0 Å². The predicted octanol–water partition coefficient (Wildman–Crippen LogP) is 3.24. The molecule has 106 valence electrons. The molecule has 0 bridgehead atoms. The van der Waals surface area contributed by atoms with Crippen LogP contribution in [0.4, 0.5) is 11.6 Å². The van der Waals surface area contributed by atoms with Crippen LogP contribution >= 0.6 is 0 Å². The van der Waals surface area contributed by atoms with Crippen LogP contribution in [0.5, 0.6) is 0 Å². The molecule has 1 aliphatic carbocycles. The van der Waals surface area contributed by atoms with Crippen molar-refractivity contribution in [2.24, 2.45) is 11.8 Å². The summed E-state index contributed by atoms with van der Waals surface area (Å²) in [6.07, 6.45) is 3.36. The van der Waals surface area contributed by atoms with Gasteiger partial charge in [0.15, 0.2) is 0 Å². The number of anilines is 2. The van der Waals surface area contributed by atoms with Crippen molar-refractivity contribution >= 4 is 11.6 Å². The molecule has 1 saturated carbocycles. The SMILES string of the molecule is CCCc1nc(NCC)c(C)c(NCC2CC2C)n1. The molecule has 2 atom stereocenters. The standard InChI is InChI=1S/C15H26N4/c1-5-7-13-18-14(16-6-2)11(4)15(19-13)17-9-12-8-10(12)3/h10,12H,5-9H2,1-4H3,(H2,16,17,18,19). The van der Waals surface area contributed by atoms with E-state index in [1.54, 1.807) is 0 Å². The van der Waals surface area contributed by atoms with Crippen molar-refractivity contribution in [3.05, 3.63) is 11.4 Å². The van der Waals surface area contributed by atoms with Gasteiger partial charge in [-0.25, -0.2) is 9.97 Å². The second-order valence-electron chi connectivity index (χ2n) is 5.60. The first-order valence-corrected chi connectivity index (χ1v) is 7.50. The van der Waals surface area contributed by atoms with Crippen molar-refractivity contribution in [3.63, 3.8) is 0 Å². The molecule has 4 nitrogen and oxygen atoms in total. The molecule has 0 saturated heterocycles. The van der Waals surface area contributed by atoms with Gasteiger partial charge in [0.1, 0.15) is 17.5 Å². The molecule has 0 amide bonds. The van der Waals surface area contributed by atoms with Crippen LogP contribution in [-0.2, 0) is 6.42 Å². The van der Waals surface area contributed by atoms with E-state index in [-0.39, 0.29) is 0 Å². The highest BCUT2D eigenvalue weighted by Gasteiger charge is 2.32. The second kappa shape index (κ2) is 6.22. The van der Waals surface area contributed by atoms with Gasteiger partial charge in [0.2, 0.25) is 0 Å². The third kappa shape index (κ3) is 3.58. The molecular formula is C15H26N4. The van der Waals surface area contributed by atoms with Crippen LogP contribution < -0.4 is 10.6 Å². The molecule has 0 aliphatic heterocycles. The van der Waals surface area contributed by atoms with Crippen molar-refractivity contribution in [2.45, 2.75) is 47.0 Å². The van der Waals surface area contributed by atoms with Gasteiger partial charge in [-0.2, -0.15) is 0 Å². The average Bonchev–Trinajstić information content (AvgIpc) is 3.08. The van der Waals surface area contributed by atoms with E-state index in [0.29, 0.717) is 0 Å². The lowest BCUT2D eigenvalue weighted by atomic mass is 10.2. The number of aryl methyl sites for hydroxylation is 1. The summed E-state index contributed by atoms with van der Waals surface area (Å²) in [4.78, 5) is 9.28. The van der Waals surface area contributed by atoms with Gasteiger partial charge < -0.3 is 10.6 Å². The molecule has 2 N–H and O–H groups in total. The zero-order valence-electron chi connectivity index (χ0n) is 12.6. The highest BCUT2D eigenvalue weighted by Crippen LogP contribution is 2.37. The fraction of sp³-hybridized carbons (Fsp3) is 0.733. The summed E-state index contributed by atoms with van der Waals surface area (Å²) in [7, 11) is 0. The Labute approximate surface area is 116 Å². The third-order valence-electron chi connectivity index (χ3n) is 3.82. The molecule has 1 fully saturated rings. The minimum absolute atomic E-state index is 0.826. The van der Waals surface area contributed by atoms with Crippen LogP contribution in [0.15, 0.2) is 0 Å². The van der Waals surface area contributed by atoms with Crippen LogP contribution in [0.1, 0.15) is 45.0 Å². The Bertz CT molecular complexity index is 430. The maximum absolute atomic E-state index is 4.67. The van der Waals surface area contributed by atoms with E-state index in [4.69, 9.17) is 0 Å². The normalized spacial score (nSPS) is 21.3. The van der Waals surface area contributed by atoms with E-state index in [9.17, 15) is 0 Å². The smallest absolute Gasteiger partial charge is 0.134 e. The predicted molar refractivity (Wildman–Crippen MR) is 80.7 cm³/mol. The van der Waals surface area contributed by atoms with Gasteiger partial charge in [0.25, 0.3) is 0 Å². The minimum Gasteiger partial charge on any atom is -0.370 e. The van der Waals surface area contributed by atoms with Gasteiger partial charge in [-0.05, 0) is 38.5 Å². The van der Waals surface area contributed by atoms with E-state index in [2.05, 4.69) is 48.3 Å². The second-order valence-corrected chi connectivity index (χ2v) is 5.60. The Morgan fingerprint density at radius 3 is 2.32 bits per heavy atom. The molecule has 0 aromatic carbocycles. The maximum Gasteiger partial charge on any atom is 0.134 e. The Hall–Kier alpha value is -1.32. The van der Waals surface area contributed by atoms with E-state index >= 15 is 0 Å². The third-order valence-corrected chi connectivity index (χ3v) is 3.82. The number of hydrogen-bond donors (Lipinski definition) is 2. The van der Waals surface area contributed by atoms with Crippen molar-refractivity contribution in [2.75, 3.05) is 23.7 Å². The summed E-state index contributed by atoms with van der Waals surface area (Å²) in [6.45, 7) is 10.6. The Kier molecular flexibility index (Phi) is 4.61. The van der Waals surface area contributed by atoms with Crippen molar-refractivity contribution in [3.8, 4) is 0 Å². The fourth-order valence-corrected chi connectivity index (χ4v) is 2.32. The molecule has 1 aromatic heterocycles. The lowest BCUT2D eigenvalue weighted by Crippen LogP contribution is -2.13. The molecule has 1 heterocycles. The topological polar surface area (TPSA) is 49.8 Å². The largest absolute Gasteiger partial charge is 0.370 e. The number of nitrogens with one attached hydrogen (secondary N) is 2. The first-order chi connectivity index (χ1) is 9.15. The van der Waals surface area contributed by atoms with Gasteiger partial charge in [0, 0.05) is 25.1 Å². The van der Waals surface area contributed by atoms with Crippen molar-refractivity contribution in [1.82, 2.24) is 9.97 Å². The number of nitrogens with zero attached hydrogens (tertiary/aromatic N) is 2. The van der Waals surface area contributed by atoms with Gasteiger partial charge >= 0.3 is 0 Å². The van der Waals surface area contributed by atoms with E-state index in [1.807, 2.05) is 0 Å². The zero-order valence-corrected chi connectivity index (χ0v) is 12.6. The minimum atomic E-state index is 0.826. The summed E-state index contributed by atoms with van der Waals surface area (Å²) in [5.74, 6) is 4.63. The monoisotopic (exact) mass is 262 g/mol. The van der Waals surface area contributed by atoms with Gasteiger partial charge in [-0.1, -0.05) is 13.8 Å². The molecule has 1 aromatic rings. The summed E-state index contributed by atoms with van der Waals surface area (Å²) in [5.41, 5.74) is 1.13. The lowest BCUT2D eigenvalue weighted by molar-refractivity contribution is 0.777. The fourth-order valence-electron chi connectivity index (χ4n) is 2.32. The first-order valence-electron chi connectivity index (χ1n) is 7.50. The molecule has 2 unspecified atom stereocenters. The summed E-state index contributed by atoms with van der Waals surface area (Å²) in [5, 5.41) is 6.85. The van der Waals surface area contributed by atoms with Gasteiger partial charge in [-0.3, -0.25) is 0 Å². The molecule has 2 rings (SSSR count). The van der Waals surface area contributed by atoms with Gasteiger partial charge in [-0.15, -0.1) is 0 Å². The molecule has 4 heteroatoms. The highest BCUT2D eigenvalue weighted by atomic mass is 15.1. The Balaban J connectivity index is 2.13. The van der Waals surface area contributed by atoms with Crippen molar-refractivity contribution < 1.29 is 0 Å². The van der Waals surface area contributed by atoms with Crippen molar-refractivity contribution in [1.29, 1.82) is 0 Å². The molecule has 0 spiro atoms. The zero-order chi connectivity index (χ0) is 13.8. The van der Waals surface area contributed by atoms with Crippen LogP contribution in [0.2, 0.25) is 0 Å². The highest BCUT2D eigenvalue weighted by molar-refractivity contribution is 5.57.